The molecule has 8 aromatic rings. The van der Waals surface area contributed by atoms with Crippen molar-refractivity contribution in [1.82, 2.24) is 20.4 Å². The third-order valence-corrected chi connectivity index (χ3v) is 11.3. The van der Waals surface area contributed by atoms with Gasteiger partial charge in [0.1, 0.15) is 0 Å². The third-order valence-electron chi connectivity index (χ3n) is 11.3. The maximum Gasteiger partial charge on any atom is 0.248 e. The molecule has 0 unspecified atom stereocenters. The van der Waals surface area contributed by atoms with Crippen LogP contribution < -0.4 is 0 Å². The zero-order valence-electron chi connectivity index (χ0n) is 33.6. The fourth-order valence-electron chi connectivity index (χ4n) is 8.09. The molecule has 0 spiro atoms. The highest BCUT2D eigenvalue weighted by molar-refractivity contribution is 5.85. The van der Waals surface area contributed by atoms with Crippen molar-refractivity contribution in [1.29, 1.82) is 0 Å². The molecule has 0 N–H and O–H groups in total. The zero-order chi connectivity index (χ0) is 39.5. The Hall–Kier alpha value is -6.40. The van der Waals surface area contributed by atoms with Crippen molar-refractivity contribution < 1.29 is 8.83 Å². The van der Waals surface area contributed by atoms with Gasteiger partial charge >= 0.3 is 0 Å². The summed E-state index contributed by atoms with van der Waals surface area (Å²) < 4.78 is 12.6. The first-order chi connectivity index (χ1) is 27.5. The van der Waals surface area contributed by atoms with E-state index in [-0.39, 0.29) is 16.7 Å². The fourth-order valence-corrected chi connectivity index (χ4v) is 8.09. The van der Waals surface area contributed by atoms with Gasteiger partial charge in [0.2, 0.25) is 23.6 Å². The number of rotatable bonds is 7. The topological polar surface area (TPSA) is 77.8 Å². The molecule has 0 saturated carbocycles. The highest BCUT2D eigenvalue weighted by Gasteiger charge is 2.32. The van der Waals surface area contributed by atoms with Crippen molar-refractivity contribution in [2.75, 3.05) is 0 Å². The molecular weight excluding hydrogens is 701 g/mol. The summed E-state index contributed by atoms with van der Waals surface area (Å²) in [6.07, 6.45) is 0.840. The molecule has 0 saturated heterocycles. The van der Waals surface area contributed by atoms with Crippen molar-refractivity contribution in [2.45, 2.75) is 71.6 Å². The molecule has 0 aliphatic heterocycles. The Morgan fingerprint density at radius 2 is 0.807 bits per heavy atom. The molecule has 6 nitrogen and oxygen atoms in total. The quantitative estimate of drug-likeness (QED) is 0.162. The second kappa shape index (κ2) is 14.0. The van der Waals surface area contributed by atoms with Crippen LogP contribution in [0.1, 0.15) is 87.8 Å². The number of nitrogens with zero attached hydrogens (tertiary/aromatic N) is 4. The Labute approximate surface area is 334 Å². The minimum absolute atomic E-state index is 0.00670. The summed E-state index contributed by atoms with van der Waals surface area (Å²) >= 11 is 0. The van der Waals surface area contributed by atoms with Crippen LogP contribution in [0.25, 0.3) is 68.1 Å². The van der Waals surface area contributed by atoms with Crippen LogP contribution in [0, 0.1) is 0 Å². The summed E-state index contributed by atoms with van der Waals surface area (Å²) in [4.78, 5) is 0. The van der Waals surface area contributed by atoms with Crippen LogP contribution in [-0.2, 0) is 17.3 Å². The Bertz CT molecular complexity index is 2740. The lowest BCUT2D eigenvalue weighted by Crippen LogP contribution is -2.10. The van der Waals surface area contributed by atoms with Crippen molar-refractivity contribution in [3.05, 3.63) is 167 Å². The fraction of sp³-hybridized carbons (Fsp3) is 0.216. The first-order valence-electron chi connectivity index (χ1n) is 19.8. The zero-order valence-corrected chi connectivity index (χ0v) is 33.6. The van der Waals surface area contributed by atoms with Gasteiger partial charge in [-0.25, -0.2) is 0 Å². The maximum atomic E-state index is 6.33. The number of aromatic nitrogens is 4. The lowest BCUT2D eigenvalue weighted by atomic mass is 9.82. The molecule has 1 atom stereocenters. The van der Waals surface area contributed by atoms with Gasteiger partial charge in [0.25, 0.3) is 0 Å². The molecule has 6 heteroatoms. The predicted octanol–water partition coefficient (Wildman–Crippen LogP) is 13.1. The predicted molar refractivity (Wildman–Crippen MR) is 229 cm³/mol. The number of fused-ring (bicyclic) bond motifs is 3. The van der Waals surface area contributed by atoms with Crippen molar-refractivity contribution >= 4 is 0 Å². The Balaban J connectivity index is 1.06. The van der Waals surface area contributed by atoms with Crippen LogP contribution in [0.5, 0.6) is 0 Å². The summed E-state index contributed by atoms with van der Waals surface area (Å²) in [6, 6.07) is 47.4. The molecule has 1 aliphatic rings. The van der Waals surface area contributed by atoms with E-state index in [9.17, 15) is 0 Å². The monoisotopic (exact) mass is 746 g/mol. The Morgan fingerprint density at radius 1 is 0.421 bits per heavy atom. The van der Waals surface area contributed by atoms with Crippen molar-refractivity contribution in [2.24, 2.45) is 0 Å². The van der Waals surface area contributed by atoms with E-state index < -0.39 is 0 Å². The van der Waals surface area contributed by atoms with Gasteiger partial charge in [0.05, 0.1) is 0 Å². The van der Waals surface area contributed by atoms with Crippen LogP contribution in [-0.4, -0.2) is 20.4 Å². The lowest BCUT2D eigenvalue weighted by Gasteiger charge is -2.21. The third kappa shape index (κ3) is 6.69. The van der Waals surface area contributed by atoms with Gasteiger partial charge < -0.3 is 8.83 Å². The number of aryl methyl sites for hydroxylation is 1. The van der Waals surface area contributed by atoms with Gasteiger partial charge in [-0.05, 0) is 121 Å². The smallest absolute Gasteiger partial charge is 0.248 e. The van der Waals surface area contributed by atoms with E-state index in [2.05, 4.69) is 202 Å². The highest BCUT2D eigenvalue weighted by Crippen LogP contribution is 2.51. The van der Waals surface area contributed by atoms with Gasteiger partial charge in [-0.3, -0.25) is 0 Å². The lowest BCUT2D eigenvalue weighted by molar-refractivity contribution is 0.582. The van der Waals surface area contributed by atoms with E-state index >= 15 is 0 Å². The Kier molecular flexibility index (Phi) is 8.88. The standard InChI is InChI=1S/C51H46N4O2/c1-8-31-29-34(48-54-52-46(56-48)32-17-23-36(24-18-32)50(2,3)4)21-27-38(31)39-13-9-11-15-42(39)45-43-16-12-10-14-40(43)41-28-22-35(30-44(41)45)49-55-53-47(57-49)33-19-25-37(26-20-33)51(5,6)7/h9-30,45H,8H2,1-7H3/t45-/m0/s1. The largest absolute Gasteiger partial charge is 0.416 e. The molecule has 0 amide bonds. The molecular formula is C51H46N4O2. The SMILES string of the molecule is CCc1cc(-c2nnc(-c3ccc(C(C)(C)C)cc3)o2)ccc1-c1ccccc1[C@H]1c2ccccc2-c2ccc(-c3nnc(-c4ccc(C(C)(C)C)cc4)o3)cc21. The van der Waals surface area contributed by atoms with E-state index in [0.29, 0.717) is 23.6 Å². The van der Waals surface area contributed by atoms with Gasteiger partial charge in [-0.15, -0.1) is 20.4 Å². The van der Waals surface area contributed by atoms with Gasteiger partial charge in [0, 0.05) is 28.2 Å². The molecule has 0 bridgehead atoms. The van der Waals surface area contributed by atoms with Crippen molar-refractivity contribution in [3.8, 4) is 68.1 Å². The molecule has 0 fully saturated rings. The minimum Gasteiger partial charge on any atom is -0.416 e. The molecule has 282 valence electrons. The molecule has 2 heterocycles. The Morgan fingerprint density at radius 3 is 1.28 bits per heavy atom. The molecule has 0 radical (unpaired) electrons. The summed E-state index contributed by atoms with van der Waals surface area (Å²) in [6.45, 7) is 15.5. The molecule has 2 aromatic heterocycles. The van der Waals surface area contributed by atoms with Gasteiger partial charge in [-0.2, -0.15) is 0 Å². The highest BCUT2D eigenvalue weighted by atomic mass is 16.4. The van der Waals surface area contributed by atoms with Crippen LogP contribution in [0.2, 0.25) is 0 Å². The van der Waals surface area contributed by atoms with E-state index in [0.717, 1.165) is 28.7 Å². The molecule has 9 rings (SSSR count). The average molecular weight is 747 g/mol. The first kappa shape index (κ1) is 36.3. The van der Waals surface area contributed by atoms with Gasteiger partial charge in [-0.1, -0.05) is 133 Å². The van der Waals surface area contributed by atoms with E-state index in [1.807, 2.05) is 0 Å². The number of hydrogen-bond acceptors (Lipinski definition) is 6. The minimum atomic E-state index is 0.00670. The average Bonchev–Trinajstić information content (AvgIpc) is 3.99. The van der Waals surface area contributed by atoms with Crippen LogP contribution in [0.15, 0.2) is 142 Å². The van der Waals surface area contributed by atoms with Crippen LogP contribution in [0.4, 0.5) is 0 Å². The molecule has 1 aliphatic carbocycles. The second-order valence-electron chi connectivity index (χ2n) is 17.1. The molecule has 57 heavy (non-hydrogen) atoms. The van der Waals surface area contributed by atoms with E-state index in [1.165, 1.54) is 55.6 Å². The first-order valence-corrected chi connectivity index (χ1v) is 19.8. The van der Waals surface area contributed by atoms with Crippen LogP contribution >= 0.6 is 0 Å². The summed E-state index contributed by atoms with van der Waals surface area (Å²) in [5.74, 6) is 2.05. The van der Waals surface area contributed by atoms with Gasteiger partial charge in [0.15, 0.2) is 0 Å². The van der Waals surface area contributed by atoms with E-state index in [4.69, 9.17) is 8.83 Å². The van der Waals surface area contributed by atoms with Crippen molar-refractivity contribution in [3.63, 3.8) is 0 Å². The summed E-state index contributed by atoms with van der Waals surface area (Å²) in [5, 5.41) is 17.9. The number of hydrogen-bond donors (Lipinski definition) is 0. The number of benzene rings is 6. The van der Waals surface area contributed by atoms with Crippen LogP contribution in [0.3, 0.4) is 0 Å². The second-order valence-corrected chi connectivity index (χ2v) is 17.1. The maximum absolute atomic E-state index is 6.33. The summed E-state index contributed by atoms with van der Waals surface area (Å²) in [7, 11) is 0. The van der Waals surface area contributed by atoms with E-state index in [1.54, 1.807) is 0 Å². The molecule has 6 aromatic carbocycles. The summed E-state index contributed by atoms with van der Waals surface area (Å²) in [5.41, 5.74) is 16.1. The normalized spacial score (nSPS) is 13.8.